The van der Waals surface area contributed by atoms with Crippen molar-refractivity contribution < 1.29 is 9.53 Å². The Labute approximate surface area is 140 Å². The van der Waals surface area contributed by atoms with E-state index in [2.05, 4.69) is 16.8 Å². The van der Waals surface area contributed by atoms with E-state index in [0.717, 1.165) is 43.5 Å². The van der Waals surface area contributed by atoms with E-state index in [1.54, 1.807) is 11.3 Å². The molecule has 0 saturated carbocycles. The number of hydrogen-bond acceptors (Lipinski definition) is 5. The quantitative estimate of drug-likeness (QED) is 0.844. The number of carbonyl (C=O) groups is 1. The number of amides is 1. The molecule has 1 aliphatic heterocycles. The Balaban J connectivity index is 1.45. The number of benzene rings is 1. The molecule has 3 rings (SSSR count). The van der Waals surface area contributed by atoms with Gasteiger partial charge in [0.2, 0.25) is 0 Å². The average Bonchev–Trinajstić information content (AvgIpc) is 3.15. The van der Waals surface area contributed by atoms with Crippen molar-refractivity contribution in [2.75, 3.05) is 37.7 Å². The van der Waals surface area contributed by atoms with E-state index in [1.807, 2.05) is 40.7 Å². The standard InChI is InChI=1S/C17H21N3O2S/c1-2-14-3-5-15(6-4-14)22-13-16(21)19-8-10-20(11-9-19)17-18-7-12-23-17/h3-7,12H,2,8-11,13H2,1H3. The second-order valence-electron chi connectivity index (χ2n) is 5.47. The molecule has 0 bridgehead atoms. The van der Waals surface area contributed by atoms with Crippen molar-refractivity contribution in [3.05, 3.63) is 41.4 Å². The number of anilines is 1. The number of nitrogens with zero attached hydrogens (tertiary/aromatic N) is 3. The molecule has 1 aromatic carbocycles. The molecular weight excluding hydrogens is 310 g/mol. The predicted octanol–water partition coefficient (Wildman–Crippen LogP) is 2.43. The number of rotatable bonds is 5. The number of aryl methyl sites for hydroxylation is 1. The molecule has 0 N–H and O–H groups in total. The first-order valence-corrected chi connectivity index (χ1v) is 8.78. The lowest BCUT2D eigenvalue weighted by molar-refractivity contribution is -0.133. The first-order valence-electron chi connectivity index (χ1n) is 7.90. The van der Waals surface area contributed by atoms with Crippen molar-refractivity contribution in [2.24, 2.45) is 0 Å². The molecule has 0 aliphatic carbocycles. The third-order valence-corrected chi connectivity index (χ3v) is 4.85. The summed E-state index contributed by atoms with van der Waals surface area (Å²) in [6, 6.07) is 7.91. The number of hydrogen-bond donors (Lipinski definition) is 0. The second kappa shape index (κ2) is 7.46. The Morgan fingerprint density at radius 2 is 1.96 bits per heavy atom. The first-order chi connectivity index (χ1) is 11.3. The molecule has 6 heteroatoms. The Kier molecular flexibility index (Phi) is 5.12. The summed E-state index contributed by atoms with van der Waals surface area (Å²) in [5.41, 5.74) is 1.27. The van der Waals surface area contributed by atoms with Gasteiger partial charge in [-0.3, -0.25) is 4.79 Å². The van der Waals surface area contributed by atoms with E-state index in [9.17, 15) is 4.79 Å². The molecule has 23 heavy (non-hydrogen) atoms. The minimum absolute atomic E-state index is 0.0448. The Morgan fingerprint density at radius 1 is 1.22 bits per heavy atom. The zero-order valence-corrected chi connectivity index (χ0v) is 14.1. The predicted molar refractivity (Wildman–Crippen MR) is 92.2 cm³/mol. The summed E-state index contributed by atoms with van der Waals surface area (Å²) in [6.07, 6.45) is 2.82. The van der Waals surface area contributed by atoms with Gasteiger partial charge in [-0.2, -0.15) is 0 Å². The van der Waals surface area contributed by atoms with Crippen LogP contribution in [0.4, 0.5) is 5.13 Å². The number of thiazole rings is 1. The van der Waals surface area contributed by atoms with Crippen LogP contribution < -0.4 is 9.64 Å². The molecular formula is C17H21N3O2S. The van der Waals surface area contributed by atoms with Crippen LogP contribution in [0, 0.1) is 0 Å². The molecule has 0 atom stereocenters. The van der Waals surface area contributed by atoms with Crippen LogP contribution in [0.5, 0.6) is 5.75 Å². The summed E-state index contributed by atoms with van der Waals surface area (Å²) in [4.78, 5) is 20.7. The highest BCUT2D eigenvalue weighted by molar-refractivity contribution is 7.13. The van der Waals surface area contributed by atoms with Crippen molar-refractivity contribution in [1.82, 2.24) is 9.88 Å². The number of ether oxygens (including phenoxy) is 1. The highest BCUT2D eigenvalue weighted by atomic mass is 32.1. The Bertz CT molecular complexity index is 620. The zero-order chi connectivity index (χ0) is 16.1. The zero-order valence-electron chi connectivity index (χ0n) is 13.3. The highest BCUT2D eigenvalue weighted by Gasteiger charge is 2.22. The largest absolute Gasteiger partial charge is 0.484 e. The molecule has 122 valence electrons. The van der Waals surface area contributed by atoms with Gasteiger partial charge in [-0.15, -0.1) is 11.3 Å². The van der Waals surface area contributed by atoms with Crippen LogP contribution in [0.3, 0.4) is 0 Å². The highest BCUT2D eigenvalue weighted by Crippen LogP contribution is 2.19. The smallest absolute Gasteiger partial charge is 0.260 e. The van der Waals surface area contributed by atoms with E-state index < -0.39 is 0 Å². The lowest BCUT2D eigenvalue weighted by Crippen LogP contribution is -2.50. The Hall–Kier alpha value is -2.08. The molecule has 0 radical (unpaired) electrons. The third-order valence-electron chi connectivity index (χ3n) is 4.02. The van der Waals surface area contributed by atoms with E-state index in [4.69, 9.17) is 4.74 Å². The third kappa shape index (κ3) is 4.01. The van der Waals surface area contributed by atoms with Crippen LogP contribution in [0.15, 0.2) is 35.8 Å². The average molecular weight is 331 g/mol. The molecule has 2 aromatic rings. The fourth-order valence-electron chi connectivity index (χ4n) is 2.58. The van der Waals surface area contributed by atoms with Gasteiger partial charge in [-0.25, -0.2) is 4.98 Å². The summed E-state index contributed by atoms with van der Waals surface area (Å²) >= 11 is 1.64. The molecule has 1 aromatic heterocycles. The summed E-state index contributed by atoms with van der Waals surface area (Å²) in [5, 5.41) is 3.01. The molecule has 1 fully saturated rings. The van der Waals surface area contributed by atoms with Gasteiger partial charge in [0.15, 0.2) is 11.7 Å². The van der Waals surface area contributed by atoms with E-state index in [1.165, 1.54) is 5.56 Å². The van der Waals surface area contributed by atoms with Crippen LogP contribution in [-0.2, 0) is 11.2 Å². The summed E-state index contributed by atoms with van der Waals surface area (Å²) in [6.45, 7) is 5.30. The molecule has 2 heterocycles. The van der Waals surface area contributed by atoms with Crippen molar-refractivity contribution in [1.29, 1.82) is 0 Å². The minimum atomic E-state index is 0.0448. The van der Waals surface area contributed by atoms with Crippen molar-refractivity contribution >= 4 is 22.4 Å². The maximum Gasteiger partial charge on any atom is 0.260 e. The molecule has 5 nitrogen and oxygen atoms in total. The molecule has 1 saturated heterocycles. The van der Waals surface area contributed by atoms with E-state index >= 15 is 0 Å². The van der Waals surface area contributed by atoms with Gasteiger partial charge >= 0.3 is 0 Å². The summed E-state index contributed by atoms with van der Waals surface area (Å²) < 4.78 is 5.60. The van der Waals surface area contributed by atoms with Crippen molar-refractivity contribution in [3.63, 3.8) is 0 Å². The fraction of sp³-hybridized carbons (Fsp3) is 0.412. The van der Waals surface area contributed by atoms with Crippen LogP contribution >= 0.6 is 11.3 Å². The topological polar surface area (TPSA) is 45.7 Å². The van der Waals surface area contributed by atoms with Gasteiger partial charge in [0.05, 0.1) is 0 Å². The SMILES string of the molecule is CCc1ccc(OCC(=O)N2CCN(c3nccs3)CC2)cc1. The normalized spacial score (nSPS) is 14.8. The van der Waals surface area contributed by atoms with E-state index in [0.29, 0.717) is 0 Å². The molecule has 0 spiro atoms. The Morgan fingerprint density at radius 3 is 2.57 bits per heavy atom. The molecule has 1 amide bonds. The lowest BCUT2D eigenvalue weighted by Gasteiger charge is -2.34. The number of piperazine rings is 1. The van der Waals surface area contributed by atoms with Crippen LogP contribution in [0.2, 0.25) is 0 Å². The van der Waals surface area contributed by atoms with Crippen LogP contribution in [0.1, 0.15) is 12.5 Å². The summed E-state index contributed by atoms with van der Waals surface area (Å²) in [7, 11) is 0. The van der Waals surface area contributed by atoms with Gasteiger partial charge in [-0.1, -0.05) is 19.1 Å². The fourth-order valence-corrected chi connectivity index (χ4v) is 3.27. The van der Waals surface area contributed by atoms with Crippen molar-refractivity contribution in [3.8, 4) is 5.75 Å². The van der Waals surface area contributed by atoms with Gasteiger partial charge in [0.1, 0.15) is 5.75 Å². The van der Waals surface area contributed by atoms with Crippen LogP contribution in [-0.4, -0.2) is 48.6 Å². The molecule has 0 unspecified atom stereocenters. The first kappa shape index (κ1) is 15.8. The van der Waals surface area contributed by atoms with E-state index in [-0.39, 0.29) is 12.5 Å². The summed E-state index contributed by atoms with van der Waals surface area (Å²) in [5.74, 6) is 0.792. The van der Waals surface area contributed by atoms with Gasteiger partial charge < -0.3 is 14.5 Å². The monoisotopic (exact) mass is 331 g/mol. The number of aromatic nitrogens is 1. The molecule has 1 aliphatic rings. The van der Waals surface area contributed by atoms with Gasteiger partial charge in [0.25, 0.3) is 5.91 Å². The maximum atomic E-state index is 12.3. The second-order valence-corrected chi connectivity index (χ2v) is 6.34. The van der Waals surface area contributed by atoms with Crippen molar-refractivity contribution in [2.45, 2.75) is 13.3 Å². The minimum Gasteiger partial charge on any atom is -0.484 e. The van der Waals surface area contributed by atoms with Gasteiger partial charge in [0, 0.05) is 37.8 Å². The van der Waals surface area contributed by atoms with Crippen LogP contribution in [0.25, 0.3) is 0 Å². The number of carbonyl (C=O) groups excluding carboxylic acids is 1. The van der Waals surface area contributed by atoms with Gasteiger partial charge in [-0.05, 0) is 24.1 Å². The maximum absolute atomic E-state index is 12.3. The lowest BCUT2D eigenvalue weighted by atomic mass is 10.2.